The molecule has 1 unspecified atom stereocenters. The van der Waals surface area contributed by atoms with Crippen LogP contribution >= 0.6 is 0 Å². The van der Waals surface area contributed by atoms with Crippen molar-refractivity contribution in [2.75, 3.05) is 0 Å². The highest BCUT2D eigenvalue weighted by Gasteiger charge is 2.23. The van der Waals surface area contributed by atoms with Crippen molar-refractivity contribution in [3.05, 3.63) is 35.4 Å². The molecular weight excluding hydrogens is 272 g/mol. The molecule has 1 aromatic carbocycles. The molecule has 0 saturated heterocycles. The maximum Gasteiger partial charge on any atom is 0.339 e. The minimum atomic E-state index is -0.829. The normalized spacial score (nSPS) is 12.4. The molecule has 0 saturated carbocycles. The fourth-order valence-corrected chi connectivity index (χ4v) is 1.54. The van der Waals surface area contributed by atoms with Crippen molar-refractivity contribution in [1.82, 2.24) is 5.32 Å². The number of hydrogen-bond acceptors (Lipinski definition) is 4. The molecule has 0 aromatic heterocycles. The lowest BCUT2D eigenvalue weighted by molar-refractivity contribution is -0.119. The molecule has 1 atom stereocenters. The van der Waals surface area contributed by atoms with Crippen LogP contribution in [0.1, 0.15) is 48.4 Å². The molecule has 6 heteroatoms. The molecule has 0 fully saturated rings. The molecule has 1 aromatic rings. The molecule has 3 N–H and O–H groups in total. The Morgan fingerprint density at radius 1 is 1.14 bits per heavy atom. The molecule has 0 aliphatic rings. The second-order valence-electron chi connectivity index (χ2n) is 5.64. The monoisotopic (exact) mass is 292 g/mol. The lowest BCUT2D eigenvalue weighted by Crippen LogP contribution is -2.42. The Labute approximate surface area is 123 Å². The zero-order valence-corrected chi connectivity index (χ0v) is 12.6. The maximum atomic E-state index is 12.1. The van der Waals surface area contributed by atoms with E-state index in [2.05, 4.69) is 5.32 Å². The van der Waals surface area contributed by atoms with E-state index in [9.17, 15) is 14.4 Å². The van der Waals surface area contributed by atoms with Gasteiger partial charge in [-0.25, -0.2) is 4.79 Å². The van der Waals surface area contributed by atoms with Gasteiger partial charge in [0.15, 0.2) is 0 Å². The van der Waals surface area contributed by atoms with Crippen LogP contribution in [-0.4, -0.2) is 29.4 Å². The molecule has 2 amide bonds. The van der Waals surface area contributed by atoms with Gasteiger partial charge in [-0.3, -0.25) is 9.59 Å². The van der Waals surface area contributed by atoms with Crippen LogP contribution in [0.5, 0.6) is 0 Å². The lowest BCUT2D eigenvalue weighted by atomic mass is 10.1. The summed E-state index contributed by atoms with van der Waals surface area (Å²) in [5.74, 6) is -1.80. The number of benzene rings is 1. The number of hydrogen-bond donors (Lipinski definition) is 2. The minimum absolute atomic E-state index is 0.139. The van der Waals surface area contributed by atoms with Gasteiger partial charge in [0.05, 0.1) is 11.1 Å². The Bertz CT molecular complexity index is 561. The molecule has 1 rings (SSSR count). The van der Waals surface area contributed by atoms with Crippen molar-refractivity contribution < 1.29 is 19.1 Å². The van der Waals surface area contributed by atoms with Gasteiger partial charge in [0.1, 0.15) is 11.6 Å². The summed E-state index contributed by atoms with van der Waals surface area (Å²) in [6, 6.07) is 5.41. The Morgan fingerprint density at radius 2 is 1.67 bits per heavy atom. The molecular formula is C15H20N2O4. The van der Waals surface area contributed by atoms with Crippen molar-refractivity contribution in [3.8, 4) is 0 Å². The van der Waals surface area contributed by atoms with Crippen LogP contribution in [0.2, 0.25) is 0 Å². The van der Waals surface area contributed by atoms with E-state index in [1.165, 1.54) is 19.1 Å². The number of esters is 1. The highest BCUT2D eigenvalue weighted by molar-refractivity contribution is 6.06. The summed E-state index contributed by atoms with van der Waals surface area (Å²) in [7, 11) is 0. The molecule has 6 nitrogen and oxygen atoms in total. The van der Waals surface area contributed by atoms with Crippen molar-refractivity contribution in [3.63, 3.8) is 0 Å². The van der Waals surface area contributed by atoms with E-state index < -0.39 is 29.4 Å². The first kappa shape index (κ1) is 16.7. The Kier molecular flexibility index (Phi) is 5.07. The summed E-state index contributed by atoms with van der Waals surface area (Å²) in [5, 5.41) is 2.43. The van der Waals surface area contributed by atoms with E-state index in [4.69, 9.17) is 10.5 Å². The number of carbonyl (C=O) groups is 3. The second kappa shape index (κ2) is 6.39. The Balaban J connectivity index is 3.01. The Morgan fingerprint density at radius 3 is 2.14 bits per heavy atom. The molecule has 0 bridgehead atoms. The van der Waals surface area contributed by atoms with Crippen LogP contribution in [0.15, 0.2) is 24.3 Å². The van der Waals surface area contributed by atoms with Crippen LogP contribution in [0.3, 0.4) is 0 Å². The van der Waals surface area contributed by atoms with E-state index in [-0.39, 0.29) is 11.1 Å². The summed E-state index contributed by atoms with van der Waals surface area (Å²) in [5.41, 5.74) is 4.71. The highest BCUT2D eigenvalue weighted by atomic mass is 16.6. The zero-order valence-electron chi connectivity index (χ0n) is 12.6. The average molecular weight is 292 g/mol. The van der Waals surface area contributed by atoms with Crippen molar-refractivity contribution in [2.24, 2.45) is 5.73 Å². The number of nitrogens with two attached hydrogens (primary N) is 1. The van der Waals surface area contributed by atoms with E-state index in [1.54, 1.807) is 32.9 Å². The molecule has 0 aliphatic carbocycles. The SMILES string of the molecule is CC(NC(=O)c1ccccc1C(=O)OC(C)(C)C)C(N)=O. The average Bonchev–Trinajstić information content (AvgIpc) is 2.36. The molecule has 114 valence electrons. The van der Waals surface area contributed by atoms with Crippen molar-refractivity contribution >= 4 is 17.8 Å². The summed E-state index contributed by atoms with van der Waals surface area (Å²) in [6.07, 6.45) is 0. The third-order valence-electron chi connectivity index (χ3n) is 2.56. The van der Waals surface area contributed by atoms with E-state index in [1.807, 2.05) is 0 Å². The summed E-state index contributed by atoms with van der Waals surface area (Å²) in [4.78, 5) is 35.2. The summed E-state index contributed by atoms with van der Waals surface area (Å²) in [6.45, 7) is 6.69. The van der Waals surface area contributed by atoms with Crippen LogP contribution in [0.25, 0.3) is 0 Å². The fourth-order valence-electron chi connectivity index (χ4n) is 1.54. The minimum Gasteiger partial charge on any atom is -0.456 e. The lowest BCUT2D eigenvalue weighted by Gasteiger charge is -2.20. The molecule has 0 spiro atoms. The van der Waals surface area contributed by atoms with Gasteiger partial charge in [0.25, 0.3) is 5.91 Å². The summed E-state index contributed by atoms with van der Waals surface area (Å²) >= 11 is 0. The van der Waals surface area contributed by atoms with Gasteiger partial charge in [0, 0.05) is 0 Å². The van der Waals surface area contributed by atoms with Crippen LogP contribution in [-0.2, 0) is 9.53 Å². The highest BCUT2D eigenvalue weighted by Crippen LogP contribution is 2.15. The smallest absolute Gasteiger partial charge is 0.339 e. The predicted octanol–water partition coefficient (Wildman–Crippen LogP) is 1.25. The first-order valence-electron chi connectivity index (χ1n) is 6.54. The molecule has 21 heavy (non-hydrogen) atoms. The van der Waals surface area contributed by atoms with Crippen LogP contribution in [0, 0.1) is 0 Å². The van der Waals surface area contributed by atoms with E-state index in [0.29, 0.717) is 0 Å². The quantitative estimate of drug-likeness (QED) is 0.816. The standard InChI is InChI=1S/C15H20N2O4/c1-9(12(16)18)17-13(19)10-7-5-6-8-11(10)14(20)21-15(2,3)4/h5-9H,1-4H3,(H2,16,18)(H,17,19). The van der Waals surface area contributed by atoms with Gasteiger partial charge in [-0.1, -0.05) is 12.1 Å². The number of rotatable bonds is 4. The van der Waals surface area contributed by atoms with Gasteiger partial charge in [-0.2, -0.15) is 0 Å². The van der Waals surface area contributed by atoms with Crippen molar-refractivity contribution in [1.29, 1.82) is 0 Å². The van der Waals surface area contributed by atoms with Gasteiger partial charge in [-0.05, 0) is 39.8 Å². The number of amides is 2. The molecule has 0 radical (unpaired) electrons. The topological polar surface area (TPSA) is 98.5 Å². The van der Waals surface area contributed by atoms with Crippen LogP contribution < -0.4 is 11.1 Å². The van der Waals surface area contributed by atoms with Gasteiger partial charge in [0.2, 0.25) is 5.91 Å². The summed E-state index contributed by atoms with van der Waals surface area (Å²) < 4.78 is 5.26. The first-order chi connectivity index (χ1) is 9.61. The van der Waals surface area contributed by atoms with Crippen LogP contribution in [0.4, 0.5) is 0 Å². The van der Waals surface area contributed by atoms with Gasteiger partial charge < -0.3 is 15.8 Å². The van der Waals surface area contributed by atoms with Gasteiger partial charge in [-0.15, -0.1) is 0 Å². The molecule has 0 heterocycles. The second-order valence-corrected chi connectivity index (χ2v) is 5.64. The predicted molar refractivity (Wildman–Crippen MR) is 77.7 cm³/mol. The maximum absolute atomic E-state index is 12.1. The number of nitrogens with one attached hydrogen (secondary N) is 1. The largest absolute Gasteiger partial charge is 0.456 e. The van der Waals surface area contributed by atoms with Crippen molar-refractivity contribution in [2.45, 2.75) is 39.3 Å². The third kappa shape index (κ3) is 4.91. The molecule has 0 aliphatic heterocycles. The third-order valence-corrected chi connectivity index (χ3v) is 2.56. The fraction of sp³-hybridized carbons (Fsp3) is 0.400. The van der Waals surface area contributed by atoms with E-state index in [0.717, 1.165) is 0 Å². The Hall–Kier alpha value is -2.37. The zero-order chi connectivity index (χ0) is 16.2. The first-order valence-corrected chi connectivity index (χ1v) is 6.54. The number of carbonyl (C=O) groups excluding carboxylic acids is 3. The van der Waals surface area contributed by atoms with Gasteiger partial charge >= 0.3 is 5.97 Å². The number of primary amides is 1. The van der Waals surface area contributed by atoms with E-state index >= 15 is 0 Å². The number of ether oxygens (including phenoxy) is 1.